The molecule has 1 aliphatic carbocycles. The number of fused-ring (bicyclic) bond motifs is 3. The number of sulfonamides is 1. The highest BCUT2D eigenvalue weighted by molar-refractivity contribution is 7.89. The van der Waals surface area contributed by atoms with Gasteiger partial charge in [-0.1, -0.05) is 12.1 Å². The second-order valence-electron chi connectivity index (χ2n) is 6.99. The minimum atomic E-state index is -3.68. The first-order valence-corrected chi connectivity index (χ1v) is 11.3. The van der Waals surface area contributed by atoms with Gasteiger partial charge in [0, 0.05) is 11.9 Å². The quantitative estimate of drug-likeness (QED) is 0.722. The van der Waals surface area contributed by atoms with Gasteiger partial charge in [-0.2, -0.15) is 0 Å². The van der Waals surface area contributed by atoms with E-state index in [4.69, 9.17) is 5.14 Å². The molecule has 142 valence electrons. The number of aromatic nitrogens is 2. The van der Waals surface area contributed by atoms with Gasteiger partial charge in [0.05, 0.1) is 16.3 Å². The van der Waals surface area contributed by atoms with Gasteiger partial charge in [0.2, 0.25) is 10.0 Å². The number of anilines is 1. The normalized spacial score (nSPS) is 15.5. The van der Waals surface area contributed by atoms with E-state index < -0.39 is 10.0 Å². The summed E-state index contributed by atoms with van der Waals surface area (Å²) in [5, 5.41) is 6.37. The number of thiophene rings is 1. The van der Waals surface area contributed by atoms with Crippen LogP contribution in [0.5, 0.6) is 0 Å². The van der Waals surface area contributed by atoms with Gasteiger partial charge in [0.15, 0.2) is 0 Å². The summed E-state index contributed by atoms with van der Waals surface area (Å²) in [6.07, 6.45) is 6.30. The van der Waals surface area contributed by atoms with Gasteiger partial charge in [0.25, 0.3) is 0 Å². The fourth-order valence-electron chi connectivity index (χ4n) is 3.68. The van der Waals surface area contributed by atoms with Crippen molar-refractivity contribution in [2.45, 2.75) is 43.5 Å². The van der Waals surface area contributed by atoms with Crippen LogP contribution >= 0.6 is 11.3 Å². The van der Waals surface area contributed by atoms with E-state index in [2.05, 4.69) is 21.8 Å². The van der Waals surface area contributed by atoms with Gasteiger partial charge in [-0.25, -0.2) is 23.5 Å². The van der Waals surface area contributed by atoms with Crippen molar-refractivity contribution in [2.24, 2.45) is 5.14 Å². The first-order chi connectivity index (χ1) is 12.9. The van der Waals surface area contributed by atoms with Crippen molar-refractivity contribution in [2.75, 3.05) is 11.9 Å². The molecule has 3 aromatic rings. The van der Waals surface area contributed by atoms with Crippen molar-refractivity contribution in [1.29, 1.82) is 0 Å². The van der Waals surface area contributed by atoms with Crippen LogP contribution in [0.25, 0.3) is 10.2 Å². The van der Waals surface area contributed by atoms with Crippen molar-refractivity contribution >= 4 is 37.4 Å². The van der Waals surface area contributed by atoms with E-state index in [1.165, 1.54) is 28.7 Å². The molecule has 0 amide bonds. The minimum Gasteiger partial charge on any atom is -0.352 e. The van der Waals surface area contributed by atoms with Crippen LogP contribution in [0, 0.1) is 0 Å². The molecule has 0 bridgehead atoms. The van der Waals surface area contributed by atoms with E-state index in [-0.39, 0.29) is 10.9 Å². The average molecular weight is 403 g/mol. The smallest absolute Gasteiger partial charge is 0.238 e. The molecule has 2 aromatic heterocycles. The van der Waals surface area contributed by atoms with E-state index >= 15 is 0 Å². The summed E-state index contributed by atoms with van der Waals surface area (Å²) < 4.78 is 22.9. The summed E-state index contributed by atoms with van der Waals surface area (Å²) >= 11 is 1.79. The Bertz CT molecular complexity index is 1090. The number of aryl methyl sites for hydroxylation is 2. The van der Waals surface area contributed by atoms with Crippen LogP contribution < -0.4 is 10.0 Å². The number of primary sulfonamides is 1. The van der Waals surface area contributed by atoms with Crippen LogP contribution in [0.1, 0.15) is 41.8 Å². The van der Waals surface area contributed by atoms with Crippen LogP contribution in [0.15, 0.2) is 35.5 Å². The third kappa shape index (κ3) is 3.33. The first kappa shape index (κ1) is 18.3. The molecule has 1 aromatic carbocycles. The molecule has 1 aliphatic rings. The lowest BCUT2D eigenvalue weighted by molar-refractivity contribution is 0.597. The van der Waals surface area contributed by atoms with Crippen molar-refractivity contribution in [3.8, 4) is 0 Å². The average Bonchev–Trinajstić information content (AvgIpc) is 3.05. The fourth-order valence-corrected chi connectivity index (χ4v) is 5.42. The molecule has 1 unspecified atom stereocenters. The molecule has 27 heavy (non-hydrogen) atoms. The lowest BCUT2D eigenvalue weighted by atomic mass is 9.96. The Morgan fingerprint density at radius 2 is 1.85 bits per heavy atom. The largest absolute Gasteiger partial charge is 0.352 e. The molecule has 1 atom stereocenters. The molecule has 0 saturated heterocycles. The number of nitrogens with two attached hydrogens (primary N) is 1. The van der Waals surface area contributed by atoms with Crippen LogP contribution in [0.3, 0.4) is 0 Å². The van der Waals surface area contributed by atoms with Crippen molar-refractivity contribution in [3.63, 3.8) is 0 Å². The molecule has 0 saturated carbocycles. The number of nitrogens with zero attached hydrogens (tertiary/aromatic N) is 3. The molecule has 8 heteroatoms. The predicted molar refractivity (Wildman–Crippen MR) is 109 cm³/mol. The van der Waals surface area contributed by atoms with Gasteiger partial charge in [0.1, 0.15) is 17.0 Å². The highest BCUT2D eigenvalue weighted by Gasteiger charge is 2.23. The zero-order valence-corrected chi connectivity index (χ0v) is 17.0. The molecule has 0 fully saturated rings. The van der Waals surface area contributed by atoms with Gasteiger partial charge in [-0.3, -0.25) is 0 Å². The highest BCUT2D eigenvalue weighted by atomic mass is 32.2. The number of rotatable bonds is 4. The summed E-state index contributed by atoms with van der Waals surface area (Å²) in [7, 11) is -1.66. The van der Waals surface area contributed by atoms with Crippen LogP contribution in [0.2, 0.25) is 0 Å². The Morgan fingerprint density at radius 1 is 1.15 bits per heavy atom. The minimum absolute atomic E-state index is 0.0248. The van der Waals surface area contributed by atoms with E-state index in [1.807, 2.05) is 19.2 Å². The van der Waals surface area contributed by atoms with Gasteiger partial charge >= 0.3 is 0 Å². The molecule has 0 radical (unpaired) electrons. The topological polar surface area (TPSA) is 89.2 Å². The van der Waals surface area contributed by atoms with Gasteiger partial charge in [-0.15, -0.1) is 11.3 Å². The van der Waals surface area contributed by atoms with E-state index in [9.17, 15) is 8.42 Å². The third-order valence-corrected chi connectivity index (χ3v) is 7.47. The Labute approximate surface area is 163 Å². The molecule has 0 aliphatic heterocycles. The second kappa shape index (κ2) is 6.85. The standard InChI is InChI=1S/C19H22N4O2S2/c1-12(13-7-9-14(10-8-13)27(20,24)25)23(2)18-17-15-5-3-4-6-16(15)26-19(17)22-11-21-18/h7-12H,3-6H2,1-2H3,(H2,20,24,25). The maximum absolute atomic E-state index is 11.5. The molecular formula is C19H22N4O2S2. The molecular weight excluding hydrogens is 380 g/mol. The Morgan fingerprint density at radius 3 is 2.56 bits per heavy atom. The zero-order chi connectivity index (χ0) is 19.2. The van der Waals surface area contributed by atoms with E-state index in [1.54, 1.807) is 29.8 Å². The lowest BCUT2D eigenvalue weighted by Gasteiger charge is -2.27. The zero-order valence-electron chi connectivity index (χ0n) is 15.3. The fraction of sp³-hybridized carbons (Fsp3) is 0.368. The summed E-state index contributed by atoms with van der Waals surface area (Å²) in [6, 6.07) is 6.75. The van der Waals surface area contributed by atoms with Crippen molar-refractivity contribution in [1.82, 2.24) is 9.97 Å². The molecule has 6 nitrogen and oxygen atoms in total. The third-order valence-electron chi connectivity index (χ3n) is 5.34. The first-order valence-electron chi connectivity index (χ1n) is 8.97. The summed E-state index contributed by atoms with van der Waals surface area (Å²) in [5.41, 5.74) is 2.40. The molecule has 2 heterocycles. The maximum Gasteiger partial charge on any atom is 0.238 e. The molecule has 0 spiro atoms. The molecule has 4 rings (SSSR count). The number of hydrogen-bond donors (Lipinski definition) is 1. The van der Waals surface area contributed by atoms with Gasteiger partial charge in [-0.05, 0) is 55.9 Å². The van der Waals surface area contributed by atoms with Crippen LogP contribution in [-0.2, 0) is 22.9 Å². The van der Waals surface area contributed by atoms with Crippen LogP contribution in [0.4, 0.5) is 5.82 Å². The van der Waals surface area contributed by atoms with Crippen molar-refractivity contribution < 1.29 is 8.42 Å². The number of hydrogen-bond acceptors (Lipinski definition) is 6. The predicted octanol–water partition coefficient (Wildman–Crippen LogP) is 3.41. The second-order valence-corrected chi connectivity index (χ2v) is 9.63. The summed E-state index contributed by atoms with van der Waals surface area (Å²) in [6.45, 7) is 2.08. The Hall–Kier alpha value is -2.03. The SMILES string of the molecule is CC(c1ccc(S(N)(=O)=O)cc1)N(C)c1ncnc2sc3c(c12)CCCC3. The lowest BCUT2D eigenvalue weighted by Crippen LogP contribution is -2.23. The highest BCUT2D eigenvalue weighted by Crippen LogP contribution is 2.40. The number of benzene rings is 1. The maximum atomic E-state index is 11.5. The van der Waals surface area contributed by atoms with Crippen molar-refractivity contribution in [3.05, 3.63) is 46.6 Å². The summed E-state index contributed by atoms with van der Waals surface area (Å²) in [4.78, 5) is 13.8. The van der Waals surface area contributed by atoms with E-state index in [0.717, 1.165) is 29.1 Å². The summed E-state index contributed by atoms with van der Waals surface area (Å²) in [5.74, 6) is 0.933. The van der Waals surface area contributed by atoms with Crippen LogP contribution in [-0.4, -0.2) is 25.4 Å². The van der Waals surface area contributed by atoms with E-state index in [0.29, 0.717) is 0 Å². The molecule has 2 N–H and O–H groups in total. The monoisotopic (exact) mass is 402 g/mol. The Kier molecular flexibility index (Phi) is 4.65. The Balaban J connectivity index is 1.72. The van der Waals surface area contributed by atoms with Gasteiger partial charge < -0.3 is 4.90 Å².